The highest BCUT2D eigenvalue weighted by Gasteiger charge is 2.19. The molecule has 0 spiro atoms. The van der Waals surface area contributed by atoms with E-state index in [1.54, 1.807) is 0 Å². The van der Waals surface area contributed by atoms with Crippen LogP contribution in [0.15, 0.2) is 72.8 Å². The average Bonchev–Trinajstić information content (AvgIpc) is 3.61. The number of hydrogen-bond acceptors (Lipinski definition) is 4. The minimum Gasteiger partial charge on any atom is -0.423 e. The molecule has 4 aromatic carbocycles. The number of unbranched alkanes of at least 4 members (excludes halogenated alkanes) is 47. The third-order valence-electron chi connectivity index (χ3n) is 17.7. The van der Waals surface area contributed by atoms with E-state index < -0.39 is 7.12 Å². The zero-order valence-corrected chi connectivity index (χ0v) is 52.0. The van der Waals surface area contributed by atoms with Crippen LogP contribution in [0.25, 0.3) is 21.5 Å². The minimum absolute atomic E-state index is 0.581. The summed E-state index contributed by atoms with van der Waals surface area (Å²) in [5.74, 6) is 1.06. The van der Waals surface area contributed by atoms with Gasteiger partial charge in [-0.2, -0.15) is 12.6 Å². The predicted molar refractivity (Wildman–Crippen MR) is 352 cm³/mol. The number of nitrogens with zero attached hydrogens (tertiary/aromatic N) is 1. The lowest BCUT2D eigenvalue weighted by Gasteiger charge is -2.23. The molecule has 3 nitrogen and oxygen atoms in total. The Balaban J connectivity index is 0.828. The number of benzene rings is 4. The van der Waals surface area contributed by atoms with Gasteiger partial charge in [-0.3, -0.25) is 4.90 Å². The molecular formula is C73H122BNO2S. The summed E-state index contributed by atoms with van der Waals surface area (Å²) in [5, 5.41) is 25.4. The normalized spacial score (nSPS) is 11.8. The van der Waals surface area contributed by atoms with E-state index in [1.165, 1.54) is 341 Å². The van der Waals surface area contributed by atoms with Crippen LogP contribution in [0.4, 0.5) is 0 Å². The third-order valence-corrected chi connectivity index (χ3v) is 18.0. The van der Waals surface area contributed by atoms with E-state index in [9.17, 15) is 10.0 Å². The van der Waals surface area contributed by atoms with Crippen molar-refractivity contribution in [2.24, 2.45) is 0 Å². The third kappa shape index (κ3) is 32.4. The highest BCUT2D eigenvalue weighted by Crippen LogP contribution is 2.35. The second-order valence-electron chi connectivity index (χ2n) is 24.7. The molecule has 0 atom stereocenters. The second kappa shape index (κ2) is 48.2. The highest BCUT2D eigenvalue weighted by molar-refractivity contribution is 7.80. The Bertz CT molecular complexity index is 1930. The molecule has 0 fully saturated rings. The lowest BCUT2D eigenvalue weighted by Crippen LogP contribution is -2.35. The van der Waals surface area contributed by atoms with Gasteiger partial charge >= 0.3 is 7.12 Å². The molecular weight excluding hydrogens is 966 g/mol. The summed E-state index contributed by atoms with van der Waals surface area (Å²) >= 11 is 4.31. The Morgan fingerprint density at radius 1 is 0.295 bits per heavy atom. The maximum atomic E-state index is 9.95. The summed E-state index contributed by atoms with van der Waals surface area (Å²) in [7, 11) is 0.670. The topological polar surface area (TPSA) is 43.7 Å². The molecule has 78 heavy (non-hydrogen) atoms. The Kier molecular flexibility index (Phi) is 42.2. The summed E-state index contributed by atoms with van der Waals surface area (Å²) in [6, 6.07) is 25.6. The van der Waals surface area contributed by atoms with Crippen LogP contribution in [-0.2, 0) is 19.5 Å². The van der Waals surface area contributed by atoms with Crippen molar-refractivity contribution in [3.05, 3.63) is 89.5 Å². The van der Waals surface area contributed by atoms with E-state index >= 15 is 0 Å². The van der Waals surface area contributed by atoms with E-state index in [4.69, 9.17) is 0 Å². The molecule has 4 rings (SSSR count). The Morgan fingerprint density at radius 2 is 0.526 bits per heavy atom. The van der Waals surface area contributed by atoms with Crippen molar-refractivity contribution in [3.63, 3.8) is 0 Å². The summed E-state index contributed by atoms with van der Waals surface area (Å²) < 4.78 is 0. The first kappa shape index (κ1) is 68.2. The number of hydrogen-bond donors (Lipinski definition) is 3. The van der Waals surface area contributed by atoms with Crippen molar-refractivity contribution >= 4 is 46.8 Å². The minimum atomic E-state index is -1.46. The molecule has 0 aliphatic carbocycles. The lowest BCUT2D eigenvalue weighted by molar-refractivity contribution is 0.321. The van der Waals surface area contributed by atoms with Crippen molar-refractivity contribution in [1.82, 2.24) is 4.90 Å². The fraction of sp³-hybridized carbons (Fsp3) is 0.726. The Labute approximate surface area is 489 Å². The molecule has 0 heterocycles. The van der Waals surface area contributed by atoms with Crippen molar-refractivity contribution in [2.75, 3.05) is 12.8 Å². The van der Waals surface area contributed by atoms with E-state index in [0.29, 0.717) is 12.0 Å². The van der Waals surface area contributed by atoms with Crippen LogP contribution in [0.3, 0.4) is 0 Å². The van der Waals surface area contributed by atoms with E-state index in [1.807, 2.05) is 24.3 Å². The van der Waals surface area contributed by atoms with Gasteiger partial charge < -0.3 is 10.0 Å². The van der Waals surface area contributed by atoms with Gasteiger partial charge in [0, 0.05) is 13.1 Å². The fourth-order valence-electron chi connectivity index (χ4n) is 12.8. The second-order valence-corrected chi connectivity index (χ2v) is 25.2. The van der Waals surface area contributed by atoms with Crippen LogP contribution in [-0.4, -0.2) is 34.9 Å². The van der Waals surface area contributed by atoms with Gasteiger partial charge in [0.1, 0.15) is 0 Å². The first-order valence-electron chi connectivity index (χ1n) is 34.2. The zero-order valence-electron chi connectivity index (χ0n) is 51.1. The Morgan fingerprint density at radius 3 is 0.795 bits per heavy atom. The summed E-state index contributed by atoms with van der Waals surface area (Å²) in [6.07, 6.45) is 70.7. The average molecular weight is 1090 g/mol. The SMILES string of the molecule is CN(Cc1ccccc1B(O)O)Cc1c2ccccc2c(CCCCCCCCCCCCCCCCCCCCCCCCCCCCCCCCCCCCCCCCCCCCCCCCCCS)c2ccccc12. The number of fused-ring (bicyclic) bond motifs is 2. The van der Waals surface area contributed by atoms with Gasteiger partial charge in [-0.25, -0.2) is 0 Å². The van der Waals surface area contributed by atoms with Crippen molar-refractivity contribution in [3.8, 4) is 0 Å². The number of thiol groups is 1. The summed E-state index contributed by atoms with van der Waals surface area (Å²) in [4.78, 5) is 2.29. The predicted octanol–water partition coefficient (Wildman–Crippen LogP) is 22.5. The molecule has 440 valence electrons. The van der Waals surface area contributed by atoms with Crippen molar-refractivity contribution in [2.45, 2.75) is 328 Å². The first-order chi connectivity index (χ1) is 38.6. The molecule has 0 aromatic heterocycles. The smallest absolute Gasteiger partial charge is 0.423 e. The van der Waals surface area contributed by atoms with E-state index in [-0.39, 0.29) is 0 Å². The van der Waals surface area contributed by atoms with Gasteiger partial charge in [0.05, 0.1) is 0 Å². The molecule has 0 aliphatic rings. The van der Waals surface area contributed by atoms with Crippen molar-refractivity contribution < 1.29 is 10.0 Å². The molecule has 5 heteroatoms. The van der Waals surface area contributed by atoms with Gasteiger partial charge in [0.15, 0.2) is 0 Å². The van der Waals surface area contributed by atoms with Crippen LogP contribution >= 0.6 is 12.6 Å². The van der Waals surface area contributed by atoms with E-state index in [2.05, 4.69) is 73.1 Å². The van der Waals surface area contributed by atoms with Crippen LogP contribution in [0.2, 0.25) is 0 Å². The fourth-order valence-corrected chi connectivity index (χ4v) is 13.1. The highest BCUT2D eigenvalue weighted by atomic mass is 32.1. The zero-order chi connectivity index (χ0) is 55.0. The van der Waals surface area contributed by atoms with Crippen molar-refractivity contribution in [1.29, 1.82) is 0 Å². The van der Waals surface area contributed by atoms with Gasteiger partial charge in [-0.15, -0.1) is 0 Å². The van der Waals surface area contributed by atoms with Gasteiger partial charge in [-0.05, 0) is 75.8 Å². The maximum Gasteiger partial charge on any atom is 0.488 e. The molecule has 0 bridgehead atoms. The monoisotopic (exact) mass is 1090 g/mol. The molecule has 0 saturated heterocycles. The molecule has 0 saturated carbocycles. The quantitative estimate of drug-likeness (QED) is 0.0179. The van der Waals surface area contributed by atoms with Crippen LogP contribution in [0, 0.1) is 0 Å². The standard InChI is InChI=1S/C73H122BNO2S/c1-75(64-66-56-49-54-62-73(66)74(76)77)65-72-70-60-52-50-58-68(70)67(69-59-51-53-61-71(69)72)57-48-46-44-42-40-38-36-34-32-30-28-26-24-22-20-18-16-14-12-10-8-6-4-2-3-5-7-9-11-13-15-17-19-21-23-25-27-29-31-33-35-37-39-41-43-45-47-55-63-78/h49-54,56,58-62,76-78H,2-48,55,57,63-65H2,1H3. The Hall–Kier alpha value is -2.31. The molecule has 0 unspecified atom stereocenters. The number of aryl methyl sites for hydroxylation is 1. The lowest BCUT2D eigenvalue weighted by atomic mass is 9.77. The largest absolute Gasteiger partial charge is 0.488 e. The number of rotatable bonds is 55. The summed E-state index contributed by atoms with van der Waals surface area (Å²) in [6.45, 7) is 1.44. The van der Waals surface area contributed by atoms with Gasteiger partial charge in [0.25, 0.3) is 0 Å². The molecule has 0 amide bonds. The van der Waals surface area contributed by atoms with Crippen LogP contribution < -0.4 is 5.46 Å². The molecule has 4 aromatic rings. The van der Waals surface area contributed by atoms with E-state index in [0.717, 1.165) is 24.3 Å². The molecule has 0 radical (unpaired) electrons. The van der Waals surface area contributed by atoms with Gasteiger partial charge in [-0.1, -0.05) is 368 Å². The van der Waals surface area contributed by atoms with Gasteiger partial charge in [0.2, 0.25) is 0 Å². The van der Waals surface area contributed by atoms with Crippen LogP contribution in [0.1, 0.15) is 325 Å². The molecule has 0 aliphatic heterocycles. The van der Waals surface area contributed by atoms with Crippen LogP contribution in [0.5, 0.6) is 0 Å². The molecule has 2 N–H and O–H groups in total. The maximum absolute atomic E-state index is 9.95. The summed E-state index contributed by atoms with van der Waals surface area (Å²) in [5.41, 5.74) is 4.38. The first-order valence-corrected chi connectivity index (χ1v) is 34.9.